The number of amides is 1. The molecular formula is C15H21N5O2. The van der Waals surface area contributed by atoms with Gasteiger partial charge in [-0.05, 0) is 25.5 Å². The SMILES string of the molecule is CCc1cnc(CN2CCC[C@@H](c3cc(C(N)=O)n[nH]3)C2)o1. The van der Waals surface area contributed by atoms with Crippen LogP contribution in [0.25, 0.3) is 0 Å². The molecule has 1 aliphatic heterocycles. The Labute approximate surface area is 128 Å². The Morgan fingerprint density at radius 3 is 3.14 bits per heavy atom. The van der Waals surface area contributed by atoms with E-state index in [1.54, 1.807) is 12.3 Å². The minimum absolute atomic E-state index is 0.299. The van der Waals surface area contributed by atoms with Gasteiger partial charge in [-0.3, -0.25) is 14.8 Å². The first-order valence-corrected chi connectivity index (χ1v) is 7.66. The van der Waals surface area contributed by atoms with Crippen LogP contribution in [0, 0.1) is 0 Å². The maximum atomic E-state index is 11.1. The van der Waals surface area contributed by atoms with Crippen molar-refractivity contribution in [3.05, 3.63) is 35.3 Å². The average molecular weight is 303 g/mol. The van der Waals surface area contributed by atoms with E-state index < -0.39 is 5.91 Å². The van der Waals surface area contributed by atoms with Gasteiger partial charge in [0.2, 0.25) is 5.89 Å². The van der Waals surface area contributed by atoms with Gasteiger partial charge in [0, 0.05) is 24.6 Å². The van der Waals surface area contributed by atoms with E-state index in [-0.39, 0.29) is 0 Å². The number of likely N-dealkylation sites (tertiary alicyclic amines) is 1. The predicted octanol–water partition coefficient (Wildman–Crippen LogP) is 1.44. The molecule has 1 fully saturated rings. The molecule has 0 spiro atoms. The summed E-state index contributed by atoms with van der Waals surface area (Å²) in [6.45, 7) is 4.68. The van der Waals surface area contributed by atoms with Crippen molar-refractivity contribution in [1.29, 1.82) is 0 Å². The van der Waals surface area contributed by atoms with Crippen molar-refractivity contribution in [2.24, 2.45) is 5.73 Å². The number of hydrogen-bond donors (Lipinski definition) is 2. The van der Waals surface area contributed by atoms with Crippen molar-refractivity contribution in [1.82, 2.24) is 20.1 Å². The van der Waals surface area contributed by atoms with Gasteiger partial charge in [-0.15, -0.1) is 0 Å². The standard InChI is InChI=1S/C15H21N5O2/c1-2-11-7-17-14(22-11)9-20-5-3-4-10(8-20)12-6-13(15(16)21)19-18-12/h6-7,10H,2-5,8-9H2,1H3,(H2,16,21)(H,18,19)/t10-/m1/s1. The molecule has 2 aromatic heterocycles. The third-order valence-electron chi connectivity index (χ3n) is 4.10. The van der Waals surface area contributed by atoms with Gasteiger partial charge in [0.05, 0.1) is 12.7 Å². The van der Waals surface area contributed by atoms with Crippen molar-refractivity contribution < 1.29 is 9.21 Å². The number of nitrogens with one attached hydrogen (secondary N) is 1. The Morgan fingerprint density at radius 2 is 2.45 bits per heavy atom. The van der Waals surface area contributed by atoms with Gasteiger partial charge in [0.1, 0.15) is 11.5 Å². The largest absolute Gasteiger partial charge is 0.444 e. The minimum Gasteiger partial charge on any atom is -0.444 e. The lowest BCUT2D eigenvalue weighted by Gasteiger charge is -2.31. The van der Waals surface area contributed by atoms with E-state index in [1.807, 2.05) is 0 Å². The highest BCUT2D eigenvalue weighted by Crippen LogP contribution is 2.26. The lowest BCUT2D eigenvalue weighted by atomic mass is 9.94. The van der Waals surface area contributed by atoms with E-state index in [0.717, 1.165) is 49.7 Å². The van der Waals surface area contributed by atoms with Crippen molar-refractivity contribution >= 4 is 5.91 Å². The van der Waals surface area contributed by atoms with Crippen LogP contribution < -0.4 is 5.73 Å². The first kappa shape index (κ1) is 14.8. The zero-order valence-corrected chi connectivity index (χ0v) is 12.7. The predicted molar refractivity (Wildman–Crippen MR) is 80.2 cm³/mol. The van der Waals surface area contributed by atoms with E-state index in [9.17, 15) is 4.79 Å². The average Bonchev–Trinajstić information content (AvgIpc) is 3.16. The Morgan fingerprint density at radius 1 is 1.59 bits per heavy atom. The molecule has 0 saturated carbocycles. The topological polar surface area (TPSA) is 101 Å². The summed E-state index contributed by atoms with van der Waals surface area (Å²) < 4.78 is 5.68. The molecule has 1 aliphatic rings. The second kappa shape index (κ2) is 6.31. The van der Waals surface area contributed by atoms with E-state index >= 15 is 0 Å². The summed E-state index contributed by atoms with van der Waals surface area (Å²) >= 11 is 0. The monoisotopic (exact) mass is 303 g/mol. The molecule has 2 aromatic rings. The normalized spacial score (nSPS) is 19.4. The second-order valence-corrected chi connectivity index (χ2v) is 5.72. The van der Waals surface area contributed by atoms with E-state index in [2.05, 4.69) is 27.0 Å². The zero-order valence-electron chi connectivity index (χ0n) is 12.7. The molecule has 0 bridgehead atoms. The van der Waals surface area contributed by atoms with E-state index in [0.29, 0.717) is 18.2 Å². The van der Waals surface area contributed by atoms with Crippen molar-refractivity contribution in [3.63, 3.8) is 0 Å². The fourth-order valence-corrected chi connectivity index (χ4v) is 2.90. The molecule has 1 atom stereocenters. The molecule has 7 nitrogen and oxygen atoms in total. The number of H-pyrrole nitrogens is 1. The highest BCUT2D eigenvalue weighted by Gasteiger charge is 2.24. The lowest BCUT2D eigenvalue weighted by Crippen LogP contribution is -2.34. The van der Waals surface area contributed by atoms with Crippen LogP contribution >= 0.6 is 0 Å². The molecule has 1 amide bonds. The number of carbonyl (C=O) groups excluding carboxylic acids is 1. The first-order chi connectivity index (χ1) is 10.7. The number of oxazole rings is 1. The summed E-state index contributed by atoms with van der Waals surface area (Å²) in [6.07, 6.45) is 4.82. The van der Waals surface area contributed by atoms with Gasteiger partial charge in [-0.1, -0.05) is 6.92 Å². The summed E-state index contributed by atoms with van der Waals surface area (Å²) in [5.74, 6) is 1.51. The summed E-state index contributed by atoms with van der Waals surface area (Å²) in [5, 5.41) is 6.90. The number of primary amides is 1. The Kier molecular flexibility index (Phi) is 4.24. The van der Waals surface area contributed by atoms with E-state index in [4.69, 9.17) is 10.2 Å². The van der Waals surface area contributed by atoms with Gasteiger partial charge >= 0.3 is 0 Å². The number of carbonyl (C=O) groups is 1. The number of nitrogens with zero attached hydrogens (tertiary/aromatic N) is 3. The van der Waals surface area contributed by atoms with E-state index in [1.165, 1.54) is 0 Å². The molecule has 0 aromatic carbocycles. The van der Waals surface area contributed by atoms with Crippen molar-refractivity contribution in [3.8, 4) is 0 Å². The second-order valence-electron chi connectivity index (χ2n) is 5.72. The van der Waals surface area contributed by atoms with Crippen LogP contribution in [0.15, 0.2) is 16.7 Å². The third kappa shape index (κ3) is 3.19. The molecule has 118 valence electrons. The zero-order chi connectivity index (χ0) is 15.5. The molecule has 3 N–H and O–H groups in total. The molecule has 7 heteroatoms. The molecular weight excluding hydrogens is 282 g/mol. The van der Waals surface area contributed by atoms with Crippen LogP contribution in [0.3, 0.4) is 0 Å². The Hall–Kier alpha value is -2.15. The molecule has 1 saturated heterocycles. The maximum absolute atomic E-state index is 11.1. The Bertz CT molecular complexity index is 648. The molecule has 0 radical (unpaired) electrons. The fourth-order valence-electron chi connectivity index (χ4n) is 2.90. The van der Waals surface area contributed by atoms with Crippen molar-refractivity contribution in [2.45, 2.75) is 38.6 Å². The van der Waals surface area contributed by atoms with Crippen LogP contribution in [0.1, 0.15) is 53.5 Å². The molecule has 22 heavy (non-hydrogen) atoms. The molecule has 0 aliphatic carbocycles. The maximum Gasteiger partial charge on any atom is 0.269 e. The van der Waals surface area contributed by atoms with Crippen LogP contribution in [-0.2, 0) is 13.0 Å². The number of aryl methyl sites for hydroxylation is 1. The first-order valence-electron chi connectivity index (χ1n) is 7.66. The van der Waals surface area contributed by atoms with Gasteiger partial charge in [0.15, 0.2) is 0 Å². The van der Waals surface area contributed by atoms with Crippen LogP contribution in [-0.4, -0.2) is 39.1 Å². The highest BCUT2D eigenvalue weighted by atomic mass is 16.4. The fraction of sp³-hybridized carbons (Fsp3) is 0.533. The number of hydrogen-bond acceptors (Lipinski definition) is 5. The van der Waals surface area contributed by atoms with Gasteiger partial charge in [0.25, 0.3) is 5.91 Å². The molecule has 3 rings (SSSR count). The summed E-state index contributed by atoms with van der Waals surface area (Å²) in [7, 11) is 0. The summed E-state index contributed by atoms with van der Waals surface area (Å²) in [6, 6.07) is 1.76. The number of aromatic amines is 1. The third-order valence-corrected chi connectivity index (χ3v) is 4.10. The lowest BCUT2D eigenvalue weighted by molar-refractivity contribution is 0.0995. The Balaban J connectivity index is 1.64. The number of nitrogens with two attached hydrogens (primary N) is 1. The van der Waals surface area contributed by atoms with Gasteiger partial charge < -0.3 is 10.2 Å². The van der Waals surface area contributed by atoms with Crippen LogP contribution in [0.2, 0.25) is 0 Å². The number of piperidine rings is 1. The molecule has 0 unspecified atom stereocenters. The van der Waals surface area contributed by atoms with Gasteiger partial charge in [-0.2, -0.15) is 5.10 Å². The summed E-state index contributed by atoms with van der Waals surface area (Å²) in [4.78, 5) is 17.8. The quantitative estimate of drug-likeness (QED) is 0.870. The summed E-state index contributed by atoms with van der Waals surface area (Å²) in [5.41, 5.74) is 6.52. The van der Waals surface area contributed by atoms with Crippen molar-refractivity contribution in [2.75, 3.05) is 13.1 Å². The van der Waals surface area contributed by atoms with Gasteiger partial charge in [-0.25, -0.2) is 4.98 Å². The number of aromatic nitrogens is 3. The van der Waals surface area contributed by atoms with Crippen LogP contribution in [0.4, 0.5) is 0 Å². The highest BCUT2D eigenvalue weighted by molar-refractivity contribution is 5.90. The number of rotatable bonds is 5. The minimum atomic E-state index is -0.498. The smallest absolute Gasteiger partial charge is 0.269 e. The van der Waals surface area contributed by atoms with Crippen LogP contribution in [0.5, 0.6) is 0 Å². The molecule has 3 heterocycles.